The van der Waals surface area contributed by atoms with Gasteiger partial charge in [0.15, 0.2) is 0 Å². The van der Waals surface area contributed by atoms with E-state index in [9.17, 15) is 0 Å². The summed E-state index contributed by atoms with van der Waals surface area (Å²) in [6, 6.07) is 11.4. The number of pyridine rings is 1. The van der Waals surface area contributed by atoms with E-state index in [1.165, 1.54) is 0 Å². The van der Waals surface area contributed by atoms with Crippen molar-refractivity contribution in [1.82, 2.24) is 15.0 Å². The highest BCUT2D eigenvalue weighted by molar-refractivity contribution is 7.98. The quantitative estimate of drug-likeness (QED) is 0.448. The van der Waals surface area contributed by atoms with Crippen molar-refractivity contribution < 1.29 is 0 Å². The number of anilines is 6. The third kappa shape index (κ3) is 4.34. The first kappa shape index (κ1) is 17.8. The van der Waals surface area contributed by atoms with E-state index in [0.717, 1.165) is 27.9 Å². The van der Waals surface area contributed by atoms with Crippen LogP contribution in [0.2, 0.25) is 0 Å². The fraction of sp³-hybridized carbons (Fsp3) is 0.167. The van der Waals surface area contributed by atoms with Crippen LogP contribution < -0.4 is 21.3 Å². The molecular weight excluding hydrogens is 346 g/mol. The third-order valence-corrected chi connectivity index (χ3v) is 4.33. The van der Waals surface area contributed by atoms with Crippen molar-refractivity contribution in [3.8, 4) is 0 Å². The summed E-state index contributed by atoms with van der Waals surface area (Å²) in [6.45, 7) is 0. The van der Waals surface area contributed by atoms with Crippen LogP contribution in [-0.4, -0.2) is 35.3 Å². The van der Waals surface area contributed by atoms with Crippen molar-refractivity contribution in [3.05, 3.63) is 48.8 Å². The van der Waals surface area contributed by atoms with E-state index < -0.39 is 0 Å². The number of hydrogen-bond donors (Lipinski definition) is 3. The van der Waals surface area contributed by atoms with Gasteiger partial charge < -0.3 is 21.3 Å². The third-order valence-electron chi connectivity index (χ3n) is 3.59. The zero-order valence-corrected chi connectivity index (χ0v) is 15.7. The van der Waals surface area contributed by atoms with E-state index in [1.54, 1.807) is 24.2 Å². The molecule has 0 atom stereocenters. The van der Waals surface area contributed by atoms with Crippen molar-refractivity contribution in [1.29, 1.82) is 0 Å². The Morgan fingerprint density at radius 3 is 2.50 bits per heavy atom. The number of nitrogens with zero attached hydrogens (tertiary/aromatic N) is 4. The van der Waals surface area contributed by atoms with Gasteiger partial charge in [-0.15, -0.1) is 11.8 Å². The van der Waals surface area contributed by atoms with Crippen LogP contribution in [0.5, 0.6) is 0 Å². The molecule has 0 fully saturated rings. The van der Waals surface area contributed by atoms with E-state index in [-0.39, 0.29) is 0 Å². The molecule has 134 valence electrons. The minimum Gasteiger partial charge on any atom is -0.399 e. The summed E-state index contributed by atoms with van der Waals surface area (Å²) < 4.78 is 0. The molecule has 8 heteroatoms. The van der Waals surface area contributed by atoms with E-state index in [1.807, 2.05) is 61.6 Å². The van der Waals surface area contributed by atoms with Crippen LogP contribution in [0.1, 0.15) is 0 Å². The second kappa shape index (κ2) is 7.92. The molecule has 0 saturated carbocycles. The molecule has 26 heavy (non-hydrogen) atoms. The van der Waals surface area contributed by atoms with E-state index in [4.69, 9.17) is 5.73 Å². The van der Waals surface area contributed by atoms with Gasteiger partial charge in [-0.1, -0.05) is 6.07 Å². The maximum Gasteiger partial charge on any atom is 0.229 e. The first-order valence-corrected chi connectivity index (χ1v) is 9.21. The molecule has 3 rings (SSSR count). The Bertz CT molecular complexity index is 881. The summed E-state index contributed by atoms with van der Waals surface area (Å²) in [5.74, 6) is 2.10. The summed E-state index contributed by atoms with van der Waals surface area (Å²) in [6.07, 6.45) is 5.53. The number of hydrogen-bond acceptors (Lipinski definition) is 8. The molecule has 4 N–H and O–H groups in total. The molecular formula is C18H21N7S. The number of rotatable bonds is 6. The Hall–Kier alpha value is -3.00. The van der Waals surface area contributed by atoms with Crippen molar-refractivity contribution in [2.45, 2.75) is 4.90 Å². The SMILES string of the molecule is CSc1cnc(Nc2ccc(N(C)C)nc2)nc1Nc1cccc(N)c1. The highest BCUT2D eigenvalue weighted by Crippen LogP contribution is 2.28. The van der Waals surface area contributed by atoms with Crippen molar-refractivity contribution in [3.63, 3.8) is 0 Å². The highest BCUT2D eigenvalue weighted by atomic mass is 32.2. The van der Waals surface area contributed by atoms with E-state index in [0.29, 0.717) is 11.6 Å². The summed E-state index contributed by atoms with van der Waals surface area (Å²) in [7, 11) is 3.90. The van der Waals surface area contributed by atoms with Gasteiger partial charge in [0, 0.05) is 31.7 Å². The fourth-order valence-corrected chi connectivity index (χ4v) is 2.72. The van der Waals surface area contributed by atoms with Crippen molar-refractivity contribution in [2.75, 3.05) is 41.6 Å². The number of nitrogens with two attached hydrogens (primary N) is 1. The molecule has 0 unspecified atom stereocenters. The molecule has 1 aromatic carbocycles. The van der Waals surface area contributed by atoms with E-state index in [2.05, 4.69) is 25.6 Å². The van der Waals surface area contributed by atoms with Gasteiger partial charge in [0.25, 0.3) is 0 Å². The van der Waals surface area contributed by atoms with Crippen molar-refractivity contribution >= 4 is 46.4 Å². The van der Waals surface area contributed by atoms with Crippen LogP contribution in [0.25, 0.3) is 0 Å². The van der Waals surface area contributed by atoms with Gasteiger partial charge in [0.05, 0.1) is 16.8 Å². The van der Waals surface area contributed by atoms with E-state index >= 15 is 0 Å². The van der Waals surface area contributed by atoms with Gasteiger partial charge in [0.1, 0.15) is 11.6 Å². The average Bonchev–Trinajstić information content (AvgIpc) is 2.62. The summed E-state index contributed by atoms with van der Waals surface area (Å²) in [5.41, 5.74) is 8.24. The van der Waals surface area contributed by atoms with Crippen LogP contribution >= 0.6 is 11.8 Å². The van der Waals surface area contributed by atoms with Crippen LogP contribution in [0, 0.1) is 0 Å². The minimum atomic E-state index is 0.494. The summed E-state index contributed by atoms with van der Waals surface area (Å²) in [4.78, 5) is 16.2. The van der Waals surface area contributed by atoms with Gasteiger partial charge in [-0.25, -0.2) is 9.97 Å². The molecule has 0 bridgehead atoms. The maximum absolute atomic E-state index is 5.85. The number of benzene rings is 1. The lowest BCUT2D eigenvalue weighted by atomic mass is 10.3. The van der Waals surface area contributed by atoms with Crippen molar-refractivity contribution in [2.24, 2.45) is 0 Å². The summed E-state index contributed by atoms with van der Waals surface area (Å²) >= 11 is 1.57. The van der Waals surface area contributed by atoms with Gasteiger partial charge in [-0.2, -0.15) is 4.98 Å². The monoisotopic (exact) mass is 367 g/mol. The molecule has 0 saturated heterocycles. The Labute approximate surface area is 157 Å². The molecule has 3 aromatic rings. The van der Waals surface area contributed by atoms with Crippen LogP contribution in [0.4, 0.5) is 34.6 Å². The molecule has 2 aromatic heterocycles. The molecule has 0 aliphatic heterocycles. The predicted molar refractivity (Wildman–Crippen MR) is 110 cm³/mol. The topological polar surface area (TPSA) is 92.0 Å². The standard InChI is InChI=1S/C18H21N7S/c1-25(2)16-8-7-14(10-20-16)23-18-21-11-15(26-3)17(24-18)22-13-6-4-5-12(19)9-13/h4-11H,19H2,1-3H3,(H2,21,22,23,24). The normalized spacial score (nSPS) is 10.4. The molecule has 2 heterocycles. The molecule has 0 aliphatic carbocycles. The van der Waals surface area contributed by atoms with Gasteiger partial charge >= 0.3 is 0 Å². The Morgan fingerprint density at radius 2 is 1.85 bits per heavy atom. The first-order valence-electron chi connectivity index (χ1n) is 7.99. The fourth-order valence-electron chi connectivity index (χ4n) is 2.28. The lowest BCUT2D eigenvalue weighted by Gasteiger charge is -2.13. The zero-order chi connectivity index (χ0) is 18.5. The van der Waals surface area contributed by atoms with Gasteiger partial charge in [0.2, 0.25) is 5.95 Å². The van der Waals surface area contributed by atoms with Gasteiger partial charge in [-0.3, -0.25) is 0 Å². The zero-order valence-electron chi connectivity index (χ0n) is 14.9. The molecule has 0 amide bonds. The lowest BCUT2D eigenvalue weighted by molar-refractivity contribution is 1.06. The predicted octanol–water partition coefficient (Wildman–Crippen LogP) is 3.73. The Balaban J connectivity index is 1.82. The van der Waals surface area contributed by atoms with Crippen LogP contribution in [0.3, 0.4) is 0 Å². The number of aromatic nitrogens is 3. The summed E-state index contributed by atoms with van der Waals surface area (Å²) in [5, 5.41) is 6.48. The first-order chi connectivity index (χ1) is 12.5. The van der Waals surface area contributed by atoms with Crippen LogP contribution in [0.15, 0.2) is 53.7 Å². The smallest absolute Gasteiger partial charge is 0.229 e. The number of nitrogen functional groups attached to an aromatic ring is 1. The Morgan fingerprint density at radius 1 is 1.00 bits per heavy atom. The number of nitrogens with one attached hydrogen (secondary N) is 2. The second-order valence-electron chi connectivity index (χ2n) is 5.79. The van der Waals surface area contributed by atoms with Gasteiger partial charge in [-0.05, 0) is 36.6 Å². The molecule has 0 radical (unpaired) electrons. The minimum absolute atomic E-state index is 0.494. The molecule has 0 aliphatic rings. The Kier molecular flexibility index (Phi) is 5.43. The average molecular weight is 367 g/mol. The maximum atomic E-state index is 5.85. The number of thioether (sulfide) groups is 1. The van der Waals surface area contributed by atoms with Crippen LogP contribution in [-0.2, 0) is 0 Å². The lowest BCUT2D eigenvalue weighted by Crippen LogP contribution is -2.10. The highest BCUT2D eigenvalue weighted by Gasteiger charge is 2.08. The molecule has 0 spiro atoms. The largest absolute Gasteiger partial charge is 0.399 e. The molecule has 7 nitrogen and oxygen atoms in total. The second-order valence-corrected chi connectivity index (χ2v) is 6.63.